The number of hydroxylamine groups is 1. The molecule has 2 nitrogen and oxygen atoms in total. The summed E-state index contributed by atoms with van der Waals surface area (Å²) in [5, 5.41) is 10.3. The quantitative estimate of drug-likeness (QED) is 0.147. The van der Waals surface area contributed by atoms with Crippen LogP contribution in [-0.4, -0.2) is 18.0 Å². The molecule has 0 aromatic rings. The van der Waals surface area contributed by atoms with Crippen molar-refractivity contribution in [2.45, 2.75) is 26.2 Å². The first-order valence-electron chi connectivity index (χ1n) is 3.65. The fourth-order valence-electron chi connectivity index (χ4n) is 0.637. The molecule has 0 rings (SSSR count). The van der Waals surface area contributed by atoms with E-state index in [1.54, 1.807) is 6.21 Å². The van der Waals surface area contributed by atoms with Crippen molar-refractivity contribution in [3.8, 4) is 0 Å². The summed E-state index contributed by atoms with van der Waals surface area (Å²) in [6, 6.07) is 0. The lowest BCUT2D eigenvalue weighted by Gasteiger charge is -1.92. The zero-order valence-electron chi connectivity index (χ0n) is 6.71. The van der Waals surface area contributed by atoms with Gasteiger partial charge in [0.2, 0.25) is 0 Å². The first-order valence-corrected chi connectivity index (χ1v) is 3.65. The monoisotopic (exact) mass is 141 g/mol. The van der Waals surface area contributed by atoms with Crippen molar-refractivity contribution in [3.05, 3.63) is 17.4 Å². The van der Waals surface area contributed by atoms with E-state index < -0.39 is 0 Å². The Morgan fingerprint density at radius 2 is 2.00 bits per heavy atom. The second-order valence-corrected chi connectivity index (χ2v) is 2.19. The molecule has 0 aliphatic carbocycles. The molecule has 0 saturated heterocycles. The maximum absolute atomic E-state index is 10.3. The van der Waals surface area contributed by atoms with Crippen molar-refractivity contribution < 1.29 is 4.74 Å². The summed E-state index contributed by atoms with van der Waals surface area (Å²) in [6.07, 6.45) is 8.74. The van der Waals surface area contributed by atoms with Gasteiger partial charge < -0.3 is 5.21 Å². The topological polar surface area (TPSA) is 26.1 Å². The maximum atomic E-state index is 10.3. The van der Waals surface area contributed by atoms with Gasteiger partial charge in [0.1, 0.15) is 7.05 Å². The summed E-state index contributed by atoms with van der Waals surface area (Å²) in [5.41, 5.74) is 0. The lowest BCUT2D eigenvalue weighted by Crippen LogP contribution is -1.94. The van der Waals surface area contributed by atoms with E-state index in [1.165, 1.54) is 7.05 Å². The highest BCUT2D eigenvalue weighted by Gasteiger charge is 1.80. The predicted molar refractivity (Wildman–Crippen MR) is 44.3 cm³/mol. The van der Waals surface area contributed by atoms with Crippen molar-refractivity contribution in [1.82, 2.24) is 0 Å². The molecule has 0 amide bonds. The fraction of sp³-hybridized carbons (Fsp3) is 0.625. The van der Waals surface area contributed by atoms with Crippen molar-refractivity contribution in [2.24, 2.45) is 0 Å². The van der Waals surface area contributed by atoms with Gasteiger partial charge in [0.05, 0.1) is 0 Å². The van der Waals surface area contributed by atoms with E-state index >= 15 is 0 Å². The van der Waals surface area contributed by atoms with Crippen molar-refractivity contribution in [3.63, 3.8) is 0 Å². The Morgan fingerprint density at radius 3 is 2.50 bits per heavy atom. The highest BCUT2D eigenvalue weighted by molar-refractivity contribution is 5.51. The molecule has 0 aliphatic heterocycles. The number of allylic oxidation sites excluding steroid dienone is 2. The molecule has 0 unspecified atom stereocenters. The van der Waals surface area contributed by atoms with Gasteiger partial charge in [-0.3, -0.25) is 0 Å². The van der Waals surface area contributed by atoms with Crippen LogP contribution in [0.2, 0.25) is 0 Å². The molecule has 0 fully saturated rings. The second-order valence-electron chi connectivity index (χ2n) is 2.19. The van der Waals surface area contributed by atoms with Gasteiger partial charge >= 0.3 is 0 Å². The summed E-state index contributed by atoms with van der Waals surface area (Å²) < 4.78 is 0.847. The molecular weight excluding hydrogens is 126 g/mol. The Morgan fingerprint density at radius 1 is 1.30 bits per heavy atom. The van der Waals surface area contributed by atoms with Gasteiger partial charge in [-0.2, -0.15) is 0 Å². The smallest absolute Gasteiger partial charge is 0.150 e. The van der Waals surface area contributed by atoms with Gasteiger partial charge in [0.25, 0.3) is 0 Å². The first kappa shape index (κ1) is 9.21. The van der Waals surface area contributed by atoms with E-state index in [9.17, 15) is 5.21 Å². The molecule has 0 aliphatic rings. The van der Waals surface area contributed by atoms with Crippen LogP contribution < -0.4 is 0 Å². The zero-order chi connectivity index (χ0) is 7.82. The van der Waals surface area contributed by atoms with Gasteiger partial charge in [0.15, 0.2) is 6.21 Å². The Bertz CT molecular complexity index is 123. The molecule has 0 radical (unpaired) electrons. The average Bonchev–Trinajstić information content (AvgIpc) is 1.87. The number of hydrogen-bond acceptors (Lipinski definition) is 1. The maximum Gasteiger partial charge on any atom is 0.150 e. The fourth-order valence-corrected chi connectivity index (χ4v) is 0.637. The minimum absolute atomic E-state index is 0.844. The highest BCUT2D eigenvalue weighted by Crippen LogP contribution is 1.88. The Balaban J connectivity index is 3.21. The van der Waals surface area contributed by atoms with Gasteiger partial charge in [-0.05, 0) is 12.8 Å². The van der Waals surface area contributed by atoms with Crippen molar-refractivity contribution in [1.29, 1.82) is 0 Å². The lowest BCUT2D eigenvalue weighted by atomic mass is 10.3. The molecule has 0 heterocycles. The molecule has 0 atom stereocenters. The number of rotatable bonds is 4. The van der Waals surface area contributed by atoms with Gasteiger partial charge in [0, 0.05) is 6.42 Å². The Labute approximate surface area is 62.5 Å². The van der Waals surface area contributed by atoms with Crippen LogP contribution in [0.15, 0.2) is 12.2 Å². The van der Waals surface area contributed by atoms with Gasteiger partial charge in [-0.1, -0.05) is 19.1 Å². The molecule has 0 saturated carbocycles. The highest BCUT2D eigenvalue weighted by atomic mass is 16.5. The summed E-state index contributed by atoms with van der Waals surface area (Å²) in [5.74, 6) is 0. The molecule has 0 N–H and O–H groups in total. The van der Waals surface area contributed by atoms with Crippen LogP contribution in [0.5, 0.6) is 0 Å². The summed E-state index contributed by atoms with van der Waals surface area (Å²) in [6.45, 7) is 2.10. The summed E-state index contributed by atoms with van der Waals surface area (Å²) >= 11 is 0. The number of nitrogens with zero attached hydrogens (tertiary/aromatic N) is 1. The van der Waals surface area contributed by atoms with Crippen LogP contribution in [0, 0.1) is 5.21 Å². The largest absolute Gasteiger partial charge is 0.624 e. The zero-order valence-corrected chi connectivity index (χ0v) is 6.71. The Kier molecular flexibility index (Phi) is 5.83. The van der Waals surface area contributed by atoms with E-state index in [2.05, 4.69) is 19.1 Å². The summed E-state index contributed by atoms with van der Waals surface area (Å²) in [4.78, 5) is 0. The molecule has 10 heavy (non-hydrogen) atoms. The molecule has 58 valence electrons. The Hall–Kier alpha value is -0.790. The third-order valence-corrected chi connectivity index (χ3v) is 1.12. The van der Waals surface area contributed by atoms with Crippen LogP contribution >= 0.6 is 0 Å². The first-order chi connectivity index (χ1) is 4.77. The minimum Gasteiger partial charge on any atom is -0.624 e. The molecule has 0 bridgehead atoms. The van der Waals surface area contributed by atoms with Crippen LogP contribution in [0.1, 0.15) is 26.2 Å². The third kappa shape index (κ3) is 7.21. The van der Waals surface area contributed by atoms with E-state index in [0.717, 1.165) is 24.0 Å². The summed E-state index contributed by atoms with van der Waals surface area (Å²) in [7, 11) is 1.50. The third-order valence-electron chi connectivity index (χ3n) is 1.12. The van der Waals surface area contributed by atoms with E-state index in [0.29, 0.717) is 0 Å². The molecule has 0 aromatic heterocycles. The molecule has 0 aromatic carbocycles. The second kappa shape index (κ2) is 6.33. The molecule has 0 spiro atoms. The van der Waals surface area contributed by atoms with E-state index in [4.69, 9.17) is 0 Å². The number of unbranched alkanes of at least 4 members (excludes halogenated alkanes) is 1. The predicted octanol–water partition coefficient (Wildman–Crippen LogP) is 1.94. The van der Waals surface area contributed by atoms with Crippen molar-refractivity contribution in [2.75, 3.05) is 7.05 Å². The van der Waals surface area contributed by atoms with Crippen LogP contribution in [0.4, 0.5) is 0 Å². The van der Waals surface area contributed by atoms with Crippen LogP contribution in [-0.2, 0) is 0 Å². The SMILES string of the molecule is CC/C=C\CC/C=[N+](\C)[O-]. The van der Waals surface area contributed by atoms with E-state index in [-0.39, 0.29) is 0 Å². The average molecular weight is 141 g/mol. The van der Waals surface area contributed by atoms with Crippen LogP contribution in [0.25, 0.3) is 0 Å². The number of hydrogen-bond donors (Lipinski definition) is 0. The van der Waals surface area contributed by atoms with Crippen LogP contribution in [0.3, 0.4) is 0 Å². The van der Waals surface area contributed by atoms with Gasteiger partial charge in [-0.15, -0.1) is 0 Å². The molecule has 2 heteroatoms. The normalized spacial score (nSPS) is 12.8. The van der Waals surface area contributed by atoms with Crippen molar-refractivity contribution >= 4 is 6.21 Å². The lowest BCUT2D eigenvalue weighted by molar-refractivity contribution is -0.418. The molecular formula is C8H15NO. The van der Waals surface area contributed by atoms with E-state index in [1.807, 2.05) is 0 Å². The van der Waals surface area contributed by atoms with Gasteiger partial charge in [-0.25, -0.2) is 4.74 Å². The minimum atomic E-state index is 0.844. The standard InChI is InChI=1S/C8H15NO/c1-3-4-5-6-7-8-9(2)10/h4-5,8H,3,6-7H2,1-2H3/b5-4-,9-8+.